The lowest BCUT2D eigenvalue weighted by atomic mass is 10.1. The molecule has 1 N–H and O–H groups in total. The molecule has 17 heavy (non-hydrogen) atoms. The number of carbonyl (C=O) groups is 1. The van der Waals surface area contributed by atoms with E-state index in [2.05, 4.69) is 11.4 Å². The van der Waals surface area contributed by atoms with E-state index >= 15 is 0 Å². The Morgan fingerprint density at radius 3 is 3.06 bits per heavy atom. The fraction of sp³-hybridized carbons (Fsp3) is 0.231. The lowest BCUT2D eigenvalue weighted by molar-refractivity contribution is 0.0928. The Kier molecular flexibility index (Phi) is 1.96. The van der Waals surface area contributed by atoms with Crippen molar-refractivity contribution in [2.24, 2.45) is 0 Å². The highest BCUT2D eigenvalue weighted by Gasteiger charge is 2.23. The van der Waals surface area contributed by atoms with Gasteiger partial charge >= 0.3 is 0 Å². The van der Waals surface area contributed by atoms with Gasteiger partial charge in [0.25, 0.3) is 5.91 Å². The Bertz CT molecular complexity index is 676. The van der Waals surface area contributed by atoms with Crippen molar-refractivity contribution < 1.29 is 4.79 Å². The van der Waals surface area contributed by atoms with Gasteiger partial charge < -0.3 is 9.88 Å². The SMILES string of the molecule is Cc1c2n(c3ccc(C#N)cc13)CCNC2=O. The number of aromatic nitrogens is 1. The molecule has 2 heterocycles. The molecule has 1 aliphatic heterocycles. The van der Waals surface area contributed by atoms with Crippen LogP contribution in [0.4, 0.5) is 0 Å². The second-order valence-corrected chi connectivity index (χ2v) is 4.22. The molecule has 1 aliphatic rings. The topological polar surface area (TPSA) is 57.8 Å². The highest BCUT2D eigenvalue weighted by molar-refractivity contribution is 6.02. The summed E-state index contributed by atoms with van der Waals surface area (Å²) in [5, 5.41) is 12.7. The fourth-order valence-corrected chi connectivity index (χ4v) is 2.48. The van der Waals surface area contributed by atoms with Crippen molar-refractivity contribution in [3.63, 3.8) is 0 Å². The van der Waals surface area contributed by atoms with Gasteiger partial charge in [-0.05, 0) is 30.7 Å². The van der Waals surface area contributed by atoms with E-state index in [0.29, 0.717) is 12.1 Å². The van der Waals surface area contributed by atoms with Gasteiger partial charge in [-0.15, -0.1) is 0 Å². The largest absolute Gasteiger partial charge is 0.349 e. The van der Waals surface area contributed by atoms with Crippen molar-refractivity contribution in [3.05, 3.63) is 35.0 Å². The number of aryl methyl sites for hydroxylation is 1. The third kappa shape index (κ3) is 1.26. The molecule has 0 bridgehead atoms. The summed E-state index contributed by atoms with van der Waals surface area (Å²) in [6.45, 7) is 3.38. The first-order chi connectivity index (χ1) is 8.22. The summed E-state index contributed by atoms with van der Waals surface area (Å²) in [5.41, 5.74) is 3.34. The molecule has 0 radical (unpaired) electrons. The molecule has 0 atom stereocenters. The second kappa shape index (κ2) is 3.36. The van der Waals surface area contributed by atoms with Crippen LogP contribution >= 0.6 is 0 Å². The van der Waals surface area contributed by atoms with Gasteiger partial charge in [-0.25, -0.2) is 0 Å². The van der Waals surface area contributed by atoms with Crippen molar-refractivity contribution in [1.29, 1.82) is 5.26 Å². The minimum atomic E-state index is -0.0246. The van der Waals surface area contributed by atoms with Crippen molar-refractivity contribution in [2.75, 3.05) is 6.54 Å². The molecule has 84 valence electrons. The van der Waals surface area contributed by atoms with Crippen LogP contribution < -0.4 is 5.32 Å². The average Bonchev–Trinajstić information content (AvgIpc) is 2.64. The first kappa shape index (κ1) is 9.91. The maximum absolute atomic E-state index is 11.8. The first-order valence-electron chi connectivity index (χ1n) is 5.53. The van der Waals surface area contributed by atoms with Crippen LogP contribution in [0.25, 0.3) is 10.9 Å². The Morgan fingerprint density at radius 2 is 2.29 bits per heavy atom. The molecular formula is C13H11N3O. The van der Waals surface area contributed by atoms with Crippen LogP contribution in [-0.4, -0.2) is 17.0 Å². The highest BCUT2D eigenvalue weighted by atomic mass is 16.2. The fourth-order valence-electron chi connectivity index (χ4n) is 2.48. The summed E-state index contributed by atoms with van der Waals surface area (Å²) in [6.07, 6.45) is 0. The molecule has 0 spiro atoms. The zero-order valence-corrected chi connectivity index (χ0v) is 9.45. The van der Waals surface area contributed by atoms with Gasteiger partial charge in [-0.3, -0.25) is 4.79 Å². The number of benzene rings is 1. The normalized spacial score (nSPS) is 14.2. The second-order valence-electron chi connectivity index (χ2n) is 4.22. The molecule has 4 nitrogen and oxygen atoms in total. The van der Waals surface area contributed by atoms with Gasteiger partial charge in [0, 0.05) is 24.0 Å². The molecule has 0 saturated carbocycles. The van der Waals surface area contributed by atoms with Gasteiger partial charge in [-0.1, -0.05) is 0 Å². The Balaban J connectivity index is 2.40. The number of nitrogens with zero attached hydrogens (tertiary/aromatic N) is 2. The number of nitrogens with one attached hydrogen (secondary N) is 1. The Labute approximate surface area is 98.5 Å². The van der Waals surface area contributed by atoms with E-state index in [1.807, 2.05) is 23.6 Å². The van der Waals surface area contributed by atoms with Crippen molar-refractivity contribution in [3.8, 4) is 6.07 Å². The minimum absolute atomic E-state index is 0.0246. The van der Waals surface area contributed by atoms with Gasteiger partial charge in [0.05, 0.1) is 11.6 Å². The van der Waals surface area contributed by atoms with E-state index in [4.69, 9.17) is 5.26 Å². The summed E-state index contributed by atoms with van der Waals surface area (Å²) >= 11 is 0. The van der Waals surface area contributed by atoms with Crippen LogP contribution in [0.1, 0.15) is 21.6 Å². The van der Waals surface area contributed by atoms with Crippen molar-refractivity contribution in [2.45, 2.75) is 13.5 Å². The number of carbonyl (C=O) groups excluding carboxylic acids is 1. The lowest BCUT2D eigenvalue weighted by Gasteiger charge is -2.17. The molecule has 1 amide bonds. The molecule has 1 aromatic carbocycles. The predicted octanol–water partition coefficient (Wildman–Crippen LogP) is 1.56. The molecular weight excluding hydrogens is 214 g/mol. The molecule has 3 rings (SSSR count). The summed E-state index contributed by atoms with van der Waals surface area (Å²) < 4.78 is 2.03. The zero-order valence-electron chi connectivity index (χ0n) is 9.45. The van der Waals surface area contributed by atoms with E-state index in [1.165, 1.54) is 0 Å². The third-order valence-corrected chi connectivity index (χ3v) is 3.28. The van der Waals surface area contributed by atoms with Crippen LogP contribution in [-0.2, 0) is 6.54 Å². The lowest BCUT2D eigenvalue weighted by Crippen LogP contribution is -2.35. The van der Waals surface area contributed by atoms with Gasteiger partial charge in [-0.2, -0.15) is 5.26 Å². The van der Waals surface area contributed by atoms with Gasteiger partial charge in [0.15, 0.2) is 0 Å². The molecule has 2 aromatic rings. The van der Waals surface area contributed by atoms with Crippen molar-refractivity contribution in [1.82, 2.24) is 9.88 Å². The van der Waals surface area contributed by atoms with E-state index in [-0.39, 0.29) is 5.91 Å². The van der Waals surface area contributed by atoms with Crippen LogP contribution in [0, 0.1) is 18.3 Å². The van der Waals surface area contributed by atoms with Crippen LogP contribution in [0.2, 0.25) is 0 Å². The molecule has 4 heteroatoms. The number of hydrogen-bond donors (Lipinski definition) is 1. The smallest absolute Gasteiger partial charge is 0.268 e. The third-order valence-electron chi connectivity index (χ3n) is 3.28. The molecule has 0 fully saturated rings. The number of amides is 1. The summed E-state index contributed by atoms with van der Waals surface area (Å²) in [4.78, 5) is 11.8. The Morgan fingerprint density at radius 1 is 1.47 bits per heavy atom. The molecule has 1 aromatic heterocycles. The van der Waals surface area contributed by atoms with E-state index in [9.17, 15) is 4.79 Å². The van der Waals surface area contributed by atoms with E-state index in [0.717, 1.165) is 28.7 Å². The highest BCUT2D eigenvalue weighted by Crippen LogP contribution is 2.27. The Hall–Kier alpha value is -2.28. The summed E-state index contributed by atoms with van der Waals surface area (Å²) in [7, 11) is 0. The number of rotatable bonds is 0. The van der Waals surface area contributed by atoms with E-state index in [1.54, 1.807) is 6.07 Å². The maximum atomic E-state index is 11.8. The standard InChI is InChI=1S/C13H11N3O/c1-8-10-6-9(7-14)2-3-11(10)16-5-4-15-13(17)12(8)16/h2-3,6H,4-5H2,1H3,(H,15,17). The summed E-state index contributed by atoms with van der Waals surface area (Å²) in [5.74, 6) is -0.0246. The number of hydrogen-bond acceptors (Lipinski definition) is 2. The van der Waals surface area contributed by atoms with Crippen LogP contribution in [0.15, 0.2) is 18.2 Å². The maximum Gasteiger partial charge on any atom is 0.268 e. The monoisotopic (exact) mass is 225 g/mol. The van der Waals surface area contributed by atoms with Gasteiger partial charge in [0.1, 0.15) is 5.69 Å². The summed E-state index contributed by atoms with van der Waals surface area (Å²) in [6, 6.07) is 7.69. The quantitative estimate of drug-likeness (QED) is 0.739. The molecule has 0 unspecified atom stereocenters. The first-order valence-corrected chi connectivity index (χ1v) is 5.53. The minimum Gasteiger partial charge on any atom is -0.349 e. The zero-order chi connectivity index (χ0) is 12.0. The van der Waals surface area contributed by atoms with Gasteiger partial charge in [0.2, 0.25) is 0 Å². The number of nitriles is 1. The van der Waals surface area contributed by atoms with Crippen molar-refractivity contribution >= 4 is 16.8 Å². The average molecular weight is 225 g/mol. The van der Waals surface area contributed by atoms with Crippen LogP contribution in [0.5, 0.6) is 0 Å². The van der Waals surface area contributed by atoms with E-state index < -0.39 is 0 Å². The van der Waals surface area contributed by atoms with Crippen LogP contribution in [0.3, 0.4) is 0 Å². The molecule has 0 saturated heterocycles. The predicted molar refractivity (Wildman–Crippen MR) is 63.7 cm³/mol. The molecule has 0 aliphatic carbocycles. The number of fused-ring (bicyclic) bond motifs is 3.